The fourth-order valence-corrected chi connectivity index (χ4v) is 2.55. The molecular weight excluding hydrogens is 388 g/mol. The van der Waals surface area contributed by atoms with Gasteiger partial charge in [0.1, 0.15) is 0 Å². The zero-order valence-corrected chi connectivity index (χ0v) is 17.3. The Hall–Kier alpha value is -4.38. The Balaban J connectivity index is 2.22. The molecule has 2 aromatic rings. The van der Waals surface area contributed by atoms with Gasteiger partial charge in [-0.05, 0) is 47.9 Å². The molecule has 4 nitrogen and oxygen atoms in total. The Kier molecular flexibility index (Phi) is 9.04. The summed E-state index contributed by atoms with van der Waals surface area (Å²) in [5, 5.41) is 0. The Labute approximate surface area is 183 Å². The van der Waals surface area contributed by atoms with E-state index < -0.39 is 17.4 Å². The van der Waals surface area contributed by atoms with Crippen LogP contribution in [0.3, 0.4) is 0 Å². The molecule has 0 aliphatic heterocycles. The number of benzene rings is 2. The van der Waals surface area contributed by atoms with Crippen LogP contribution in [-0.2, 0) is 19.1 Å². The molecule has 4 heteroatoms. The van der Waals surface area contributed by atoms with Crippen molar-refractivity contribution < 1.29 is 19.1 Å². The largest absolute Gasteiger partial charge is 0.468 e. The van der Waals surface area contributed by atoms with E-state index in [0.717, 1.165) is 11.1 Å². The summed E-state index contributed by atoms with van der Waals surface area (Å²) in [6, 6.07) is 18.7. The van der Waals surface area contributed by atoms with Gasteiger partial charge in [-0.15, -0.1) is 0 Å². The van der Waals surface area contributed by atoms with Crippen LogP contribution in [0.2, 0.25) is 0 Å². The summed E-state index contributed by atoms with van der Waals surface area (Å²) in [6.07, 6.45) is -0.285. The predicted octanol–water partition coefficient (Wildman–Crippen LogP) is 3.21. The van der Waals surface area contributed by atoms with Gasteiger partial charge < -0.3 is 9.47 Å². The summed E-state index contributed by atoms with van der Waals surface area (Å²) < 4.78 is 9.69. The summed E-state index contributed by atoms with van der Waals surface area (Å²) >= 11 is 0. The number of ether oxygens (including phenoxy) is 2. The molecule has 0 saturated carbocycles. The molecule has 152 valence electrons. The van der Waals surface area contributed by atoms with Gasteiger partial charge in [-0.2, -0.15) is 0 Å². The van der Waals surface area contributed by atoms with E-state index in [4.69, 9.17) is 9.47 Å². The summed E-state index contributed by atoms with van der Waals surface area (Å²) in [4.78, 5) is 24.9. The second kappa shape index (κ2) is 12.2. The summed E-state index contributed by atoms with van der Waals surface area (Å²) in [5.41, 5.74) is -0.0504. The zero-order chi connectivity index (χ0) is 22.4. The van der Waals surface area contributed by atoms with Crippen molar-refractivity contribution in [1.29, 1.82) is 0 Å². The van der Waals surface area contributed by atoms with Crippen molar-refractivity contribution in [1.82, 2.24) is 0 Å². The van der Waals surface area contributed by atoms with E-state index in [1.54, 1.807) is 0 Å². The fourth-order valence-electron chi connectivity index (χ4n) is 2.55. The van der Waals surface area contributed by atoms with E-state index in [2.05, 4.69) is 47.4 Å². The van der Waals surface area contributed by atoms with Gasteiger partial charge in [0.25, 0.3) is 0 Å². The number of hydrogen-bond acceptors (Lipinski definition) is 4. The highest BCUT2D eigenvalue weighted by Crippen LogP contribution is 2.29. The van der Waals surface area contributed by atoms with E-state index in [9.17, 15) is 9.59 Å². The SMILES string of the molecule is COC(=O)C(CC#CC#Cc1ccccc1)(CC#CC#Cc1ccccc1)C(=O)OC. The molecule has 0 aliphatic rings. The molecule has 0 bridgehead atoms. The maximum absolute atomic E-state index is 12.5. The van der Waals surface area contributed by atoms with E-state index in [1.807, 2.05) is 60.7 Å². The van der Waals surface area contributed by atoms with Crippen molar-refractivity contribution in [2.24, 2.45) is 5.41 Å². The minimum Gasteiger partial charge on any atom is -0.468 e. The van der Waals surface area contributed by atoms with Gasteiger partial charge in [0, 0.05) is 24.0 Å². The smallest absolute Gasteiger partial charge is 0.325 e. The minimum atomic E-state index is -1.67. The topological polar surface area (TPSA) is 52.6 Å². The first-order chi connectivity index (χ1) is 15.1. The molecule has 0 amide bonds. The van der Waals surface area contributed by atoms with Crippen LogP contribution in [0.25, 0.3) is 0 Å². The second-order valence-electron chi connectivity index (χ2n) is 6.25. The standard InChI is InChI=1S/C27H20O4/c1-30-25(28)27(26(29)31-2,21-13-5-11-19-23-15-7-3-8-16-23)22-14-6-12-20-24-17-9-4-10-18-24/h3-4,7-10,15-18H,21-22H2,1-2H3. The second-order valence-corrected chi connectivity index (χ2v) is 6.25. The molecule has 31 heavy (non-hydrogen) atoms. The van der Waals surface area contributed by atoms with Crippen LogP contribution in [0.4, 0.5) is 0 Å². The summed E-state index contributed by atoms with van der Waals surface area (Å²) in [7, 11) is 2.40. The molecule has 2 rings (SSSR count). The maximum atomic E-state index is 12.5. The van der Waals surface area contributed by atoms with Gasteiger partial charge in [-0.3, -0.25) is 9.59 Å². The van der Waals surface area contributed by atoms with Gasteiger partial charge in [0.2, 0.25) is 0 Å². The Morgan fingerprint density at radius 1 is 0.677 bits per heavy atom. The third-order valence-corrected chi connectivity index (χ3v) is 4.20. The lowest BCUT2D eigenvalue weighted by Gasteiger charge is -2.23. The fraction of sp³-hybridized carbons (Fsp3) is 0.185. The lowest BCUT2D eigenvalue weighted by atomic mass is 9.81. The molecule has 0 spiro atoms. The molecular formula is C27H20O4. The molecule has 0 aliphatic carbocycles. The maximum Gasteiger partial charge on any atom is 0.325 e. The van der Waals surface area contributed by atoms with E-state index in [0.29, 0.717) is 0 Å². The quantitative estimate of drug-likeness (QED) is 0.443. The van der Waals surface area contributed by atoms with Crippen LogP contribution < -0.4 is 0 Å². The molecule has 0 fully saturated rings. The molecule has 0 heterocycles. The molecule has 2 aromatic carbocycles. The van der Waals surface area contributed by atoms with Crippen LogP contribution in [-0.4, -0.2) is 26.2 Å². The monoisotopic (exact) mass is 408 g/mol. The van der Waals surface area contributed by atoms with Crippen molar-refractivity contribution in [3.05, 3.63) is 71.8 Å². The number of methoxy groups -OCH3 is 2. The average Bonchev–Trinajstić information content (AvgIpc) is 2.82. The highest BCUT2D eigenvalue weighted by atomic mass is 16.5. The Morgan fingerprint density at radius 3 is 1.42 bits per heavy atom. The van der Waals surface area contributed by atoms with Crippen LogP contribution in [0, 0.1) is 52.8 Å². The first-order valence-corrected chi connectivity index (χ1v) is 9.37. The predicted molar refractivity (Wildman–Crippen MR) is 118 cm³/mol. The van der Waals surface area contributed by atoms with Crippen molar-refractivity contribution in [2.75, 3.05) is 14.2 Å². The van der Waals surface area contributed by atoms with Gasteiger partial charge in [0.05, 0.1) is 14.2 Å². The van der Waals surface area contributed by atoms with Crippen LogP contribution in [0.1, 0.15) is 24.0 Å². The third kappa shape index (κ3) is 6.87. The summed E-state index contributed by atoms with van der Waals surface area (Å²) in [6.45, 7) is 0. The van der Waals surface area contributed by atoms with E-state index in [-0.39, 0.29) is 12.8 Å². The molecule has 0 radical (unpaired) electrons. The van der Waals surface area contributed by atoms with E-state index in [1.165, 1.54) is 14.2 Å². The highest BCUT2D eigenvalue weighted by molar-refractivity contribution is 6.00. The lowest BCUT2D eigenvalue weighted by molar-refractivity contribution is -0.168. The first kappa shape index (κ1) is 22.9. The zero-order valence-electron chi connectivity index (χ0n) is 17.3. The third-order valence-electron chi connectivity index (χ3n) is 4.20. The van der Waals surface area contributed by atoms with Crippen LogP contribution in [0.5, 0.6) is 0 Å². The molecule has 0 unspecified atom stereocenters. The highest BCUT2D eigenvalue weighted by Gasteiger charge is 2.47. The number of hydrogen-bond donors (Lipinski definition) is 0. The van der Waals surface area contributed by atoms with Crippen LogP contribution in [0.15, 0.2) is 60.7 Å². The van der Waals surface area contributed by atoms with Gasteiger partial charge in [-0.1, -0.05) is 60.1 Å². The molecule has 0 atom stereocenters. The van der Waals surface area contributed by atoms with Gasteiger partial charge in [0.15, 0.2) is 5.41 Å². The minimum absolute atomic E-state index is 0.142. The van der Waals surface area contributed by atoms with Crippen LogP contribution >= 0.6 is 0 Å². The summed E-state index contributed by atoms with van der Waals surface area (Å²) in [5.74, 6) is 20.5. The molecule has 0 saturated heterocycles. The van der Waals surface area contributed by atoms with E-state index >= 15 is 0 Å². The lowest BCUT2D eigenvalue weighted by Crippen LogP contribution is -2.40. The molecule has 0 N–H and O–H groups in total. The number of carbonyl (C=O) groups is 2. The normalized spacial score (nSPS) is 9.10. The van der Waals surface area contributed by atoms with Crippen molar-refractivity contribution in [3.63, 3.8) is 0 Å². The van der Waals surface area contributed by atoms with Crippen molar-refractivity contribution in [3.8, 4) is 47.4 Å². The van der Waals surface area contributed by atoms with Gasteiger partial charge in [-0.25, -0.2) is 0 Å². The number of esters is 2. The van der Waals surface area contributed by atoms with Gasteiger partial charge >= 0.3 is 11.9 Å². The Morgan fingerprint density at radius 2 is 1.06 bits per heavy atom. The number of rotatable bonds is 4. The number of carbonyl (C=O) groups excluding carboxylic acids is 2. The van der Waals surface area contributed by atoms with Crippen molar-refractivity contribution in [2.45, 2.75) is 12.8 Å². The Bertz CT molecular complexity index is 1050. The average molecular weight is 408 g/mol. The first-order valence-electron chi connectivity index (χ1n) is 9.37. The van der Waals surface area contributed by atoms with Crippen molar-refractivity contribution >= 4 is 11.9 Å². The molecule has 0 aromatic heterocycles.